The predicted molar refractivity (Wildman–Crippen MR) is 129 cm³/mol. The van der Waals surface area contributed by atoms with Crippen molar-refractivity contribution in [3.63, 3.8) is 0 Å². The number of nitrogens with one attached hydrogen (secondary N) is 2. The van der Waals surface area contributed by atoms with Crippen molar-refractivity contribution in [1.29, 1.82) is 0 Å². The van der Waals surface area contributed by atoms with Gasteiger partial charge in [-0.2, -0.15) is 0 Å². The normalized spacial score (nSPS) is 10.2. The van der Waals surface area contributed by atoms with E-state index in [4.69, 9.17) is 10.2 Å². The second kappa shape index (κ2) is 13.5. The maximum atomic E-state index is 9.73. The van der Waals surface area contributed by atoms with E-state index in [1.54, 1.807) is 22.7 Å². The summed E-state index contributed by atoms with van der Waals surface area (Å²) in [5, 5.41) is 23.8. The quantitative estimate of drug-likeness (QED) is 0.302. The van der Waals surface area contributed by atoms with E-state index in [0.717, 1.165) is 34.1 Å². The van der Waals surface area contributed by atoms with Gasteiger partial charge in [0.2, 0.25) is 0 Å². The van der Waals surface area contributed by atoms with Crippen LogP contribution in [0, 0.1) is 0 Å². The fraction of sp³-hybridized carbons (Fsp3) is 0.273. The molecule has 0 unspecified atom stereocenters. The first-order valence-electron chi connectivity index (χ1n) is 10.0. The van der Waals surface area contributed by atoms with Crippen molar-refractivity contribution in [2.24, 2.45) is 0 Å². The summed E-state index contributed by atoms with van der Waals surface area (Å²) in [4.78, 5) is 28.7. The smallest absolute Gasteiger partial charge is 0.317 e. The molecule has 170 valence electrons. The van der Waals surface area contributed by atoms with Crippen LogP contribution in [-0.4, -0.2) is 45.2 Å². The van der Waals surface area contributed by atoms with Crippen molar-refractivity contribution in [3.05, 3.63) is 58.5 Å². The van der Waals surface area contributed by atoms with Crippen molar-refractivity contribution in [2.75, 3.05) is 13.1 Å². The highest BCUT2D eigenvalue weighted by Gasteiger charge is 2.05. The van der Waals surface area contributed by atoms with E-state index in [1.165, 1.54) is 9.40 Å². The number of aromatic nitrogens is 2. The van der Waals surface area contributed by atoms with Crippen LogP contribution in [0.1, 0.15) is 23.9 Å². The summed E-state index contributed by atoms with van der Waals surface area (Å²) in [5.41, 5.74) is 2.17. The van der Waals surface area contributed by atoms with Crippen LogP contribution >= 0.6 is 22.7 Å². The van der Waals surface area contributed by atoms with Crippen LogP contribution < -0.4 is 10.6 Å². The Labute approximate surface area is 194 Å². The van der Waals surface area contributed by atoms with Gasteiger partial charge in [-0.15, -0.1) is 22.7 Å². The fourth-order valence-electron chi connectivity index (χ4n) is 2.54. The van der Waals surface area contributed by atoms with E-state index in [0.29, 0.717) is 0 Å². The maximum Gasteiger partial charge on any atom is 0.317 e. The van der Waals surface area contributed by atoms with Crippen LogP contribution in [0.25, 0.3) is 20.4 Å². The summed E-state index contributed by atoms with van der Waals surface area (Å²) in [7, 11) is 0. The third-order valence-corrected chi connectivity index (χ3v) is 5.85. The average molecular weight is 475 g/mol. The number of fused-ring (bicyclic) bond motifs is 2. The van der Waals surface area contributed by atoms with Gasteiger partial charge in [0.25, 0.3) is 0 Å². The molecule has 8 nitrogen and oxygen atoms in total. The number of benzene rings is 2. The topological polar surface area (TPSA) is 124 Å². The number of carboxylic acids is 2. The lowest BCUT2D eigenvalue weighted by molar-refractivity contribution is -0.137. The highest BCUT2D eigenvalue weighted by atomic mass is 32.1. The molecule has 0 spiro atoms. The summed E-state index contributed by atoms with van der Waals surface area (Å²) < 4.78 is 2.49. The second-order valence-electron chi connectivity index (χ2n) is 6.15. The van der Waals surface area contributed by atoms with Crippen LogP contribution in [-0.2, 0) is 22.7 Å². The van der Waals surface area contributed by atoms with Crippen LogP contribution in [0.15, 0.2) is 48.5 Å². The van der Waals surface area contributed by atoms with Crippen molar-refractivity contribution in [3.8, 4) is 0 Å². The molecule has 0 saturated carbocycles. The second-order valence-corrected chi connectivity index (χ2v) is 8.38. The largest absolute Gasteiger partial charge is 0.480 e. The molecule has 0 aliphatic rings. The van der Waals surface area contributed by atoms with Crippen LogP contribution in [0.4, 0.5) is 0 Å². The van der Waals surface area contributed by atoms with Gasteiger partial charge >= 0.3 is 11.9 Å². The maximum absolute atomic E-state index is 9.73. The van der Waals surface area contributed by atoms with Gasteiger partial charge in [-0.3, -0.25) is 14.9 Å². The molecule has 0 bridgehead atoms. The summed E-state index contributed by atoms with van der Waals surface area (Å²) in [6, 6.07) is 16.5. The zero-order valence-electron chi connectivity index (χ0n) is 17.9. The molecule has 2 heterocycles. The van der Waals surface area contributed by atoms with Gasteiger partial charge in [0.05, 0.1) is 33.5 Å². The summed E-state index contributed by atoms with van der Waals surface area (Å²) >= 11 is 3.49. The molecule has 0 fully saturated rings. The Kier molecular flexibility index (Phi) is 10.7. The Morgan fingerprint density at radius 2 is 1.16 bits per heavy atom. The van der Waals surface area contributed by atoms with Gasteiger partial charge in [0, 0.05) is 13.1 Å². The Hall–Kier alpha value is -2.92. The monoisotopic (exact) mass is 474 g/mol. The highest BCUT2D eigenvalue weighted by Crippen LogP contribution is 2.23. The Balaban J connectivity index is 0.000000282. The molecule has 10 heteroatoms. The number of carbonyl (C=O) groups is 2. The number of para-hydroxylation sites is 2. The first-order chi connectivity index (χ1) is 15.5. The molecular weight excluding hydrogens is 448 g/mol. The van der Waals surface area contributed by atoms with E-state index in [2.05, 4.69) is 57.0 Å². The van der Waals surface area contributed by atoms with Gasteiger partial charge in [-0.1, -0.05) is 38.1 Å². The number of nitrogens with zero attached hydrogens (tertiary/aromatic N) is 2. The zero-order chi connectivity index (χ0) is 23.3. The third-order valence-electron chi connectivity index (χ3n) is 3.78. The number of thiazole rings is 2. The van der Waals surface area contributed by atoms with E-state index in [9.17, 15) is 9.59 Å². The van der Waals surface area contributed by atoms with Gasteiger partial charge in [-0.25, -0.2) is 9.97 Å². The molecule has 4 rings (SSSR count). The molecule has 4 N–H and O–H groups in total. The Bertz CT molecular complexity index is 989. The molecule has 0 saturated heterocycles. The Morgan fingerprint density at radius 1 is 0.750 bits per heavy atom. The summed E-state index contributed by atoms with van der Waals surface area (Å²) in [6.07, 6.45) is 0. The van der Waals surface area contributed by atoms with E-state index >= 15 is 0 Å². The molecule has 0 aliphatic heterocycles. The third kappa shape index (κ3) is 8.31. The van der Waals surface area contributed by atoms with Crippen LogP contribution in [0.3, 0.4) is 0 Å². The molecule has 2 aromatic heterocycles. The van der Waals surface area contributed by atoms with Gasteiger partial charge < -0.3 is 15.5 Å². The van der Waals surface area contributed by atoms with Crippen LogP contribution in [0.2, 0.25) is 0 Å². The number of aliphatic carboxylic acids is 2. The lowest BCUT2D eigenvalue weighted by atomic mass is 10.3. The lowest BCUT2D eigenvalue weighted by Crippen LogP contribution is -2.27. The lowest BCUT2D eigenvalue weighted by Gasteiger charge is -1.97. The summed E-state index contributed by atoms with van der Waals surface area (Å²) in [5.74, 6) is -2.12. The zero-order valence-corrected chi connectivity index (χ0v) is 19.5. The minimum atomic E-state index is -1.06. The van der Waals surface area contributed by atoms with Gasteiger partial charge in [0.1, 0.15) is 10.0 Å². The van der Waals surface area contributed by atoms with Crippen molar-refractivity contribution >= 4 is 55.0 Å². The van der Waals surface area contributed by atoms with Gasteiger partial charge in [-0.05, 0) is 24.3 Å². The molecule has 2 aromatic carbocycles. The van der Waals surface area contributed by atoms with Crippen molar-refractivity contribution in [2.45, 2.75) is 26.9 Å². The van der Waals surface area contributed by atoms with Gasteiger partial charge in [0.15, 0.2) is 0 Å². The van der Waals surface area contributed by atoms with Crippen molar-refractivity contribution < 1.29 is 19.8 Å². The molecule has 4 aromatic rings. The molecule has 0 radical (unpaired) electrons. The molecular formula is C22H26N4O4S2. The van der Waals surface area contributed by atoms with Crippen molar-refractivity contribution in [1.82, 2.24) is 20.6 Å². The average Bonchev–Trinajstić information content (AvgIpc) is 3.38. The van der Waals surface area contributed by atoms with Crippen LogP contribution in [0.5, 0.6) is 0 Å². The van der Waals surface area contributed by atoms with E-state index in [-0.39, 0.29) is 13.1 Å². The highest BCUT2D eigenvalue weighted by molar-refractivity contribution is 7.18. The molecule has 0 aliphatic carbocycles. The number of hydrogen-bond donors (Lipinski definition) is 4. The van der Waals surface area contributed by atoms with E-state index < -0.39 is 11.9 Å². The first-order valence-corrected chi connectivity index (χ1v) is 11.7. The standard InChI is InChI=1S/C16H13N3S2.C4H7NO4.C2H6/c1-3-7-13-11(5-1)18-15(20-13)9-17-10-16-19-12-6-2-4-8-14(12)21-16;6-3(7)1-5-2-4(8)9;1-2/h1-8,17H,9-10H2;5H,1-2H2,(H,6,7)(H,8,9);1-2H3. The first kappa shape index (κ1) is 25.3. The minimum absolute atomic E-state index is 0.313. The molecule has 0 atom stereocenters. The number of carboxylic acid groups (broad SMARTS) is 2. The molecule has 32 heavy (non-hydrogen) atoms. The number of rotatable bonds is 8. The minimum Gasteiger partial charge on any atom is -0.480 e. The SMILES string of the molecule is CC.O=C(O)CNCC(=O)O.c1ccc2sc(CNCc3nc4ccccc4s3)nc2c1. The summed E-state index contributed by atoms with van der Waals surface area (Å²) in [6.45, 7) is 4.95. The number of hydrogen-bond acceptors (Lipinski definition) is 8. The fourth-order valence-corrected chi connectivity index (χ4v) is 4.42. The van der Waals surface area contributed by atoms with E-state index in [1.807, 2.05) is 26.0 Å². The Morgan fingerprint density at radius 3 is 1.53 bits per heavy atom. The predicted octanol–water partition coefficient (Wildman–Crippen LogP) is 3.97. The molecule has 0 amide bonds.